The number of benzene rings is 1. The fourth-order valence-electron chi connectivity index (χ4n) is 2.66. The van der Waals surface area contributed by atoms with Gasteiger partial charge in [-0.1, -0.05) is 76.1 Å². The van der Waals surface area contributed by atoms with Gasteiger partial charge in [0.25, 0.3) is 0 Å². The molecule has 1 N–H and O–H groups in total. The third-order valence-corrected chi connectivity index (χ3v) is 4.16. The van der Waals surface area contributed by atoms with Crippen LogP contribution in [0.1, 0.15) is 76.0 Å². The van der Waals surface area contributed by atoms with Gasteiger partial charge in [-0.05, 0) is 37.1 Å². The summed E-state index contributed by atoms with van der Waals surface area (Å²) < 4.78 is 0. The molecule has 0 aliphatic carbocycles. The summed E-state index contributed by atoms with van der Waals surface area (Å²) in [5, 5.41) is 4.48. The molecule has 114 valence electrons. The number of rotatable bonds is 10. The Morgan fingerprint density at radius 1 is 1.05 bits per heavy atom. The molecule has 2 heteroatoms. The number of unbranched alkanes of at least 4 members (excludes halogenated alkanes) is 5. The molecule has 0 spiro atoms. The molecule has 0 aliphatic rings. The van der Waals surface area contributed by atoms with Gasteiger partial charge >= 0.3 is 0 Å². The summed E-state index contributed by atoms with van der Waals surface area (Å²) in [5.41, 5.74) is 2.49. The molecule has 0 bridgehead atoms. The highest BCUT2D eigenvalue weighted by Gasteiger charge is 2.13. The number of hydrogen-bond donors (Lipinski definition) is 1. The number of hydrogen-bond acceptors (Lipinski definition) is 1. The fraction of sp³-hybridized carbons (Fsp3) is 0.667. The quantitative estimate of drug-likeness (QED) is 0.518. The molecule has 0 radical (unpaired) electrons. The Labute approximate surface area is 130 Å². The summed E-state index contributed by atoms with van der Waals surface area (Å²) in [6.07, 6.45) is 9.25. The van der Waals surface area contributed by atoms with Crippen LogP contribution in [0.25, 0.3) is 0 Å². The highest BCUT2D eigenvalue weighted by molar-refractivity contribution is 6.31. The lowest BCUT2D eigenvalue weighted by molar-refractivity contribution is 0.477. The summed E-state index contributed by atoms with van der Waals surface area (Å²) >= 11 is 6.40. The van der Waals surface area contributed by atoms with Crippen LogP contribution in [0.2, 0.25) is 5.02 Å². The normalized spacial score (nSPS) is 12.6. The monoisotopic (exact) mass is 295 g/mol. The van der Waals surface area contributed by atoms with E-state index in [0.717, 1.165) is 11.6 Å². The zero-order valence-electron chi connectivity index (χ0n) is 13.3. The minimum Gasteiger partial charge on any atom is -0.310 e. The van der Waals surface area contributed by atoms with Gasteiger partial charge in [0.2, 0.25) is 0 Å². The minimum absolute atomic E-state index is 0.402. The van der Waals surface area contributed by atoms with Gasteiger partial charge in [-0.15, -0.1) is 0 Å². The summed E-state index contributed by atoms with van der Waals surface area (Å²) in [6.45, 7) is 7.51. The van der Waals surface area contributed by atoms with E-state index in [-0.39, 0.29) is 0 Å². The topological polar surface area (TPSA) is 12.0 Å². The maximum absolute atomic E-state index is 6.40. The molecule has 0 aliphatic heterocycles. The Kier molecular flexibility index (Phi) is 8.97. The first-order valence-electron chi connectivity index (χ1n) is 8.18. The second-order valence-electron chi connectivity index (χ2n) is 5.69. The van der Waals surface area contributed by atoms with E-state index < -0.39 is 0 Å². The van der Waals surface area contributed by atoms with Crippen molar-refractivity contribution in [3.05, 3.63) is 34.3 Å². The predicted octanol–water partition coefficient (Wildman–Crippen LogP) is 6.05. The zero-order chi connectivity index (χ0) is 14.8. The standard InChI is InChI=1S/C18H30ClN/c1-4-6-7-8-9-10-11-18(20-5-2)16-13-12-15(3)14-17(16)19/h12-14,18,20H,4-11H2,1-3H3. The van der Waals surface area contributed by atoms with Gasteiger partial charge in [-0.25, -0.2) is 0 Å². The molecule has 0 saturated heterocycles. The molecular weight excluding hydrogens is 266 g/mol. The molecule has 0 saturated carbocycles. The van der Waals surface area contributed by atoms with Crippen LogP contribution in [-0.2, 0) is 0 Å². The lowest BCUT2D eigenvalue weighted by Gasteiger charge is -2.20. The maximum Gasteiger partial charge on any atom is 0.0456 e. The van der Waals surface area contributed by atoms with Gasteiger partial charge in [0.1, 0.15) is 0 Å². The third-order valence-electron chi connectivity index (χ3n) is 3.83. The van der Waals surface area contributed by atoms with Crippen molar-refractivity contribution < 1.29 is 0 Å². The fourth-order valence-corrected chi connectivity index (χ4v) is 3.02. The van der Waals surface area contributed by atoms with Crippen molar-refractivity contribution in [1.82, 2.24) is 5.32 Å². The van der Waals surface area contributed by atoms with E-state index in [9.17, 15) is 0 Å². The second-order valence-corrected chi connectivity index (χ2v) is 6.10. The molecule has 1 nitrogen and oxygen atoms in total. The molecule has 1 unspecified atom stereocenters. The van der Waals surface area contributed by atoms with Gasteiger partial charge in [0, 0.05) is 11.1 Å². The van der Waals surface area contributed by atoms with Gasteiger partial charge in [-0.3, -0.25) is 0 Å². The maximum atomic E-state index is 6.40. The van der Waals surface area contributed by atoms with Crippen molar-refractivity contribution >= 4 is 11.6 Å². The van der Waals surface area contributed by atoms with Gasteiger partial charge in [0.05, 0.1) is 0 Å². The van der Waals surface area contributed by atoms with E-state index in [0.29, 0.717) is 6.04 Å². The van der Waals surface area contributed by atoms with Crippen LogP contribution in [0, 0.1) is 6.92 Å². The smallest absolute Gasteiger partial charge is 0.0456 e. The first kappa shape index (κ1) is 17.5. The van der Waals surface area contributed by atoms with Crippen molar-refractivity contribution in [3.8, 4) is 0 Å². The van der Waals surface area contributed by atoms with E-state index >= 15 is 0 Å². The van der Waals surface area contributed by atoms with E-state index in [1.165, 1.54) is 56.1 Å². The Hall–Kier alpha value is -0.530. The molecule has 0 fully saturated rings. The summed E-state index contributed by atoms with van der Waals surface area (Å²) in [5.74, 6) is 0. The third kappa shape index (κ3) is 6.28. The van der Waals surface area contributed by atoms with Gasteiger partial charge < -0.3 is 5.32 Å². The lowest BCUT2D eigenvalue weighted by Crippen LogP contribution is -2.21. The highest BCUT2D eigenvalue weighted by Crippen LogP contribution is 2.28. The van der Waals surface area contributed by atoms with Crippen LogP contribution < -0.4 is 5.32 Å². The van der Waals surface area contributed by atoms with Gasteiger partial charge in [0.15, 0.2) is 0 Å². The van der Waals surface area contributed by atoms with Crippen molar-refractivity contribution in [2.75, 3.05) is 6.54 Å². The van der Waals surface area contributed by atoms with E-state index in [1.54, 1.807) is 0 Å². The van der Waals surface area contributed by atoms with Crippen LogP contribution in [0.4, 0.5) is 0 Å². The van der Waals surface area contributed by atoms with E-state index in [1.807, 2.05) is 0 Å². The second kappa shape index (κ2) is 10.2. The number of halogens is 1. The molecule has 1 atom stereocenters. The minimum atomic E-state index is 0.402. The first-order chi connectivity index (χ1) is 9.69. The van der Waals surface area contributed by atoms with Gasteiger partial charge in [-0.2, -0.15) is 0 Å². The predicted molar refractivity (Wildman–Crippen MR) is 90.6 cm³/mol. The van der Waals surface area contributed by atoms with Crippen molar-refractivity contribution in [2.24, 2.45) is 0 Å². The number of nitrogens with one attached hydrogen (secondary N) is 1. The number of aryl methyl sites for hydroxylation is 1. The first-order valence-corrected chi connectivity index (χ1v) is 8.56. The molecule has 0 amide bonds. The molecule has 1 aromatic rings. The van der Waals surface area contributed by atoms with Crippen molar-refractivity contribution in [1.29, 1.82) is 0 Å². The van der Waals surface area contributed by atoms with Crippen LogP contribution in [0.3, 0.4) is 0 Å². The molecular formula is C18H30ClN. The van der Waals surface area contributed by atoms with E-state index in [2.05, 4.69) is 44.3 Å². The average molecular weight is 296 g/mol. The van der Waals surface area contributed by atoms with E-state index in [4.69, 9.17) is 11.6 Å². The molecule has 0 heterocycles. The average Bonchev–Trinajstić information content (AvgIpc) is 2.42. The van der Waals surface area contributed by atoms with Crippen LogP contribution in [-0.4, -0.2) is 6.54 Å². The molecule has 1 aromatic carbocycles. The molecule has 20 heavy (non-hydrogen) atoms. The lowest BCUT2D eigenvalue weighted by atomic mass is 9.98. The largest absolute Gasteiger partial charge is 0.310 e. The Balaban J connectivity index is 2.47. The van der Waals surface area contributed by atoms with Crippen LogP contribution >= 0.6 is 11.6 Å². The van der Waals surface area contributed by atoms with Crippen molar-refractivity contribution in [2.45, 2.75) is 71.8 Å². The summed E-state index contributed by atoms with van der Waals surface area (Å²) in [6, 6.07) is 6.82. The van der Waals surface area contributed by atoms with Crippen LogP contribution in [0.15, 0.2) is 18.2 Å². The SMILES string of the molecule is CCCCCCCCC(NCC)c1ccc(C)cc1Cl. The Morgan fingerprint density at radius 2 is 1.75 bits per heavy atom. The summed E-state index contributed by atoms with van der Waals surface area (Å²) in [7, 11) is 0. The highest BCUT2D eigenvalue weighted by atomic mass is 35.5. The molecule has 0 aromatic heterocycles. The Bertz CT molecular complexity index is 376. The Morgan fingerprint density at radius 3 is 2.40 bits per heavy atom. The summed E-state index contributed by atoms with van der Waals surface area (Å²) in [4.78, 5) is 0. The van der Waals surface area contributed by atoms with Crippen molar-refractivity contribution in [3.63, 3.8) is 0 Å². The zero-order valence-corrected chi connectivity index (χ0v) is 14.1. The molecule has 1 rings (SSSR count). The van der Waals surface area contributed by atoms with Crippen LogP contribution in [0.5, 0.6) is 0 Å².